The van der Waals surface area contributed by atoms with Crippen LogP contribution < -0.4 is 5.32 Å². The maximum atomic E-state index is 3.66. The van der Waals surface area contributed by atoms with Gasteiger partial charge in [0.15, 0.2) is 0 Å². The largest absolute Gasteiger partial charge is 0.310 e. The van der Waals surface area contributed by atoms with Crippen molar-refractivity contribution in [2.75, 3.05) is 27.2 Å². The molecule has 19 heavy (non-hydrogen) atoms. The third-order valence-electron chi connectivity index (χ3n) is 3.52. The Kier molecular flexibility index (Phi) is 6.02. The highest BCUT2D eigenvalue weighted by atomic mass is 15.1. The molecule has 2 heteroatoms. The highest BCUT2D eigenvalue weighted by Gasteiger charge is 2.19. The van der Waals surface area contributed by atoms with Gasteiger partial charge in [-0.2, -0.15) is 0 Å². The van der Waals surface area contributed by atoms with Crippen molar-refractivity contribution in [1.82, 2.24) is 10.2 Å². The zero-order valence-electron chi connectivity index (χ0n) is 13.5. The van der Waals surface area contributed by atoms with Crippen LogP contribution in [0.5, 0.6) is 0 Å². The van der Waals surface area contributed by atoms with E-state index in [9.17, 15) is 0 Å². The topological polar surface area (TPSA) is 15.3 Å². The van der Waals surface area contributed by atoms with Crippen molar-refractivity contribution >= 4 is 0 Å². The molecule has 1 unspecified atom stereocenters. The third kappa shape index (κ3) is 5.75. The molecule has 0 bridgehead atoms. The number of nitrogens with one attached hydrogen (secondary N) is 1. The summed E-state index contributed by atoms with van der Waals surface area (Å²) in [6.07, 6.45) is 1.11. The zero-order valence-corrected chi connectivity index (χ0v) is 13.5. The first-order valence-corrected chi connectivity index (χ1v) is 7.31. The molecular weight excluding hydrogens is 232 g/mol. The van der Waals surface area contributed by atoms with Crippen molar-refractivity contribution in [3.8, 4) is 0 Å². The van der Waals surface area contributed by atoms with E-state index in [-0.39, 0.29) is 0 Å². The second-order valence-corrected chi connectivity index (χ2v) is 6.60. The second-order valence-electron chi connectivity index (χ2n) is 6.60. The van der Waals surface area contributed by atoms with Crippen molar-refractivity contribution in [3.05, 3.63) is 35.4 Å². The van der Waals surface area contributed by atoms with E-state index in [0.29, 0.717) is 11.5 Å². The predicted octanol–water partition coefficient (Wildman–Crippen LogP) is 3.49. The van der Waals surface area contributed by atoms with E-state index in [1.807, 2.05) is 0 Å². The summed E-state index contributed by atoms with van der Waals surface area (Å²) in [6.45, 7) is 11.2. The van der Waals surface area contributed by atoms with E-state index in [2.05, 4.69) is 76.3 Å². The summed E-state index contributed by atoms with van der Waals surface area (Å²) in [5.74, 6) is 0. The number of benzene rings is 1. The Morgan fingerprint density at radius 3 is 2.21 bits per heavy atom. The molecular formula is C17H30N2. The van der Waals surface area contributed by atoms with Crippen LogP contribution in [-0.4, -0.2) is 32.1 Å². The number of aryl methyl sites for hydroxylation is 1. The van der Waals surface area contributed by atoms with Gasteiger partial charge < -0.3 is 10.2 Å². The van der Waals surface area contributed by atoms with Crippen LogP contribution in [0.25, 0.3) is 0 Å². The first-order valence-electron chi connectivity index (χ1n) is 7.31. The molecule has 0 aliphatic heterocycles. The molecule has 1 atom stereocenters. The molecule has 0 amide bonds. The van der Waals surface area contributed by atoms with Crippen molar-refractivity contribution < 1.29 is 0 Å². The van der Waals surface area contributed by atoms with E-state index >= 15 is 0 Å². The molecule has 1 N–H and O–H groups in total. The highest BCUT2D eigenvalue weighted by molar-refractivity contribution is 5.24. The molecule has 0 aliphatic carbocycles. The third-order valence-corrected chi connectivity index (χ3v) is 3.52. The average molecular weight is 262 g/mol. The summed E-state index contributed by atoms with van der Waals surface area (Å²) in [6, 6.07) is 9.37. The monoisotopic (exact) mass is 262 g/mol. The first-order chi connectivity index (χ1) is 8.84. The lowest BCUT2D eigenvalue weighted by atomic mass is 9.92. The molecule has 0 aliphatic rings. The van der Waals surface area contributed by atoms with Gasteiger partial charge in [-0.1, -0.05) is 45.0 Å². The fraction of sp³-hybridized carbons (Fsp3) is 0.647. The molecule has 0 fully saturated rings. The summed E-state index contributed by atoms with van der Waals surface area (Å²) >= 11 is 0. The van der Waals surface area contributed by atoms with Gasteiger partial charge in [-0.25, -0.2) is 0 Å². The number of nitrogens with zero attached hydrogens (tertiary/aromatic N) is 1. The summed E-state index contributed by atoms with van der Waals surface area (Å²) < 4.78 is 0. The van der Waals surface area contributed by atoms with Gasteiger partial charge in [0.25, 0.3) is 0 Å². The van der Waals surface area contributed by atoms with Crippen molar-refractivity contribution in [3.63, 3.8) is 0 Å². The van der Waals surface area contributed by atoms with Crippen LogP contribution in [0.4, 0.5) is 0 Å². The molecule has 0 spiro atoms. The molecule has 0 saturated heterocycles. The maximum absolute atomic E-state index is 3.66. The molecule has 0 heterocycles. The van der Waals surface area contributed by atoms with Gasteiger partial charge in [-0.15, -0.1) is 0 Å². The Bertz CT molecular complexity index is 365. The van der Waals surface area contributed by atoms with E-state index in [0.717, 1.165) is 19.5 Å². The fourth-order valence-electron chi connectivity index (χ4n) is 2.50. The minimum Gasteiger partial charge on any atom is -0.310 e. The molecule has 2 nitrogen and oxygen atoms in total. The summed E-state index contributed by atoms with van der Waals surface area (Å²) in [5.41, 5.74) is 3.07. The molecule has 0 aromatic heterocycles. The smallest absolute Gasteiger partial charge is 0.0292 e. The Balaban J connectivity index is 2.52. The summed E-state index contributed by atoms with van der Waals surface area (Å²) in [4.78, 5) is 2.25. The van der Waals surface area contributed by atoms with Crippen LogP contribution in [0.3, 0.4) is 0 Å². The standard InChI is InChI=1S/C17H30N2/c1-7-15-8-10-16(11-9-15)14(2)18-12-17(3,4)13-19(5)6/h8-11,14,18H,7,12-13H2,1-6H3. The van der Waals surface area contributed by atoms with E-state index < -0.39 is 0 Å². The van der Waals surface area contributed by atoms with Crippen LogP contribution in [0.1, 0.15) is 44.9 Å². The molecule has 108 valence electrons. The van der Waals surface area contributed by atoms with Crippen LogP contribution in [0.15, 0.2) is 24.3 Å². The Morgan fingerprint density at radius 2 is 1.74 bits per heavy atom. The van der Waals surface area contributed by atoms with Gasteiger partial charge in [0.2, 0.25) is 0 Å². The van der Waals surface area contributed by atoms with Gasteiger partial charge in [-0.05, 0) is 44.0 Å². The Hall–Kier alpha value is -0.860. The SMILES string of the molecule is CCc1ccc(C(C)NCC(C)(C)CN(C)C)cc1. The number of hydrogen-bond donors (Lipinski definition) is 1. The normalized spacial score (nSPS) is 13.8. The van der Waals surface area contributed by atoms with Crippen LogP contribution in [0.2, 0.25) is 0 Å². The van der Waals surface area contributed by atoms with Gasteiger partial charge in [0, 0.05) is 19.1 Å². The summed E-state index contributed by atoms with van der Waals surface area (Å²) in [5, 5.41) is 3.66. The van der Waals surface area contributed by atoms with E-state index in [4.69, 9.17) is 0 Å². The van der Waals surface area contributed by atoms with Crippen molar-refractivity contribution in [1.29, 1.82) is 0 Å². The quantitative estimate of drug-likeness (QED) is 0.809. The first kappa shape index (κ1) is 16.2. The van der Waals surface area contributed by atoms with Gasteiger partial charge in [-0.3, -0.25) is 0 Å². The number of hydrogen-bond acceptors (Lipinski definition) is 2. The lowest BCUT2D eigenvalue weighted by Crippen LogP contribution is -2.38. The van der Waals surface area contributed by atoms with Crippen molar-refractivity contribution in [2.45, 2.75) is 40.2 Å². The van der Waals surface area contributed by atoms with Gasteiger partial charge in [0.1, 0.15) is 0 Å². The van der Waals surface area contributed by atoms with Crippen LogP contribution in [0, 0.1) is 5.41 Å². The Morgan fingerprint density at radius 1 is 1.16 bits per heavy atom. The minimum absolute atomic E-state index is 0.293. The highest BCUT2D eigenvalue weighted by Crippen LogP contribution is 2.18. The zero-order chi connectivity index (χ0) is 14.5. The molecule has 1 aromatic carbocycles. The van der Waals surface area contributed by atoms with Gasteiger partial charge >= 0.3 is 0 Å². The lowest BCUT2D eigenvalue weighted by molar-refractivity contribution is 0.227. The fourth-order valence-corrected chi connectivity index (χ4v) is 2.50. The maximum Gasteiger partial charge on any atom is 0.0292 e. The Labute approximate surface area is 119 Å². The molecule has 0 saturated carbocycles. The van der Waals surface area contributed by atoms with Crippen molar-refractivity contribution in [2.24, 2.45) is 5.41 Å². The van der Waals surface area contributed by atoms with Crippen LogP contribution >= 0.6 is 0 Å². The number of rotatable bonds is 7. The molecule has 1 aromatic rings. The summed E-state index contributed by atoms with van der Waals surface area (Å²) in [7, 11) is 4.27. The second kappa shape index (κ2) is 7.06. The van der Waals surface area contributed by atoms with E-state index in [1.54, 1.807) is 0 Å². The van der Waals surface area contributed by atoms with Gasteiger partial charge in [0.05, 0.1) is 0 Å². The van der Waals surface area contributed by atoms with E-state index in [1.165, 1.54) is 11.1 Å². The van der Waals surface area contributed by atoms with Crippen LogP contribution in [-0.2, 0) is 6.42 Å². The molecule has 0 radical (unpaired) electrons. The minimum atomic E-state index is 0.293. The molecule has 1 rings (SSSR count). The predicted molar refractivity (Wildman–Crippen MR) is 84.6 cm³/mol. The lowest BCUT2D eigenvalue weighted by Gasteiger charge is -2.30. The average Bonchev–Trinajstić information content (AvgIpc) is 2.34.